The van der Waals surface area contributed by atoms with E-state index in [1.54, 1.807) is 14.0 Å². The fourth-order valence-electron chi connectivity index (χ4n) is 2.00. The molecule has 0 aromatic heterocycles. The zero-order valence-electron chi connectivity index (χ0n) is 12.1. The summed E-state index contributed by atoms with van der Waals surface area (Å²) in [6, 6.07) is 7.56. The van der Waals surface area contributed by atoms with Gasteiger partial charge >= 0.3 is 5.97 Å². The molecular formula is C15H21NO4. The van der Waals surface area contributed by atoms with Crippen LogP contribution in [-0.4, -0.2) is 42.1 Å². The minimum atomic E-state index is -0.991. The molecule has 0 radical (unpaired) electrons. The normalized spacial score (nSPS) is 11.8. The second kappa shape index (κ2) is 7.53. The molecule has 5 nitrogen and oxygen atoms in total. The maximum Gasteiger partial charge on any atom is 0.323 e. The minimum Gasteiger partial charge on any atom is -0.497 e. The number of hydrogen-bond acceptors (Lipinski definition) is 3. The highest BCUT2D eigenvalue weighted by Gasteiger charge is 2.18. The first-order valence-electron chi connectivity index (χ1n) is 6.61. The molecule has 1 atom stereocenters. The van der Waals surface area contributed by atoms with Gasteiger partial charge in [0.05, 0.1) is 7.11 Å². The molecule has 5 heteroatoms. The number of ether oxygens (including phenoxy) is 1. The lowest BCUT2D eigenvalue weighted by Crippen LogP contribution is -2.35. The number of carboxylic acid groups (broad SMARTS) is 1. The summed E-state index contributed by atoms with van der Waals surface area (Å²) in [5, 5.41) is 8.77. The number of nitrogens with zero attached hydrogens (tertiary/aromatic N) is 1. The second-order valence-electron chi connectivity index (χ2n) is 4.68. The number of benzene rings is 1. The van der Waals surface area contributed by atoms with Crippen LogP contribution in [0.5, 0.6) is 5.75 Å². The van der Waals surface area contributed by atoms with Crippen molar-refractivity contribution in [1.29, 1.82) is 0 Å². The van der Waals surface area contributed by atoms with Crippen molar-refractivity contribution in [3.05, 3.63) is 29.8 Å². The fourth-order valence-corrected chi connectivity index (χ4v) is 2.00. The Morgan fingerprint density at radius 2 is 2.10 bits per heavy atom. The highest BCUT2D eigenvalue weighted by Crippen LogP contribution is 2.23. The van der Waals surface area contributed by atoms with Crippen LogP contribution < -0.4 is 4.74 Å². The van der Waals surface area contributed by atoms with E-state index in [9.17, 15) is 9.59 Å². The lowest BCUT2D eigenvalue weighted by atomic mass is 9.97. The predicted octanol–water partition coefficient (Wildman–Crippen LogP) is 2.12. The number of methoxy groups -OCH3 is 1. The molecule has 1 aromatic rings. The van der Waals surface area contributed by atoms with Crippen molar-refractivity contribution < 1.29 is 19.4 Å². The first-order valence-corrected chi connectivity index (χ1v) is 6.61. The van der Waals surface area contributed by atoms with Gasteiger partial charge in [0, 0.05) is 13.0 Å². The Morgan fingerprint density at radius 1 is 1.40 bits per heavy atom. The number of hydrogen-bond donors (Lipinski definition) is 1. The van der Waals surface area contributed by atoms with Gasteiger partial charge in [-0.25, -0.2) is 0 Å². The van der Waals surface area contributed by atoms with E-state index in [2.05, 4.69) is 0 Å². The topological polar surface area (TPSA) is 66.8 Å². The first kappa shape index (κ1) is 16.0. The average molecular weight is 279 g/mol. The van der Waals surface area contributed by atoms with Crippen LogP contribution in [0.25, 0.3) is 0 Å². The van der Waals surface area contributed by atoms with Crippen LogP contribution in [-0.2, 0) is 9.59 Å². The molecule has 0 spiro atoms. The molecule has 1 N–H and O–H groups in total. The van der Waals surface area contributed by atoms with Crippen LogP contribution in [0.2, 0.25) is 0 Å². The van der Waals surface area contributed by atoms with Gasteiger partial charge in [0.1, 0.15) is 12.3 Å². The Labute approximate surface area is 119 Å². The number of carboxylic acids is 1. The quantitative estimate of drug-likeness (QED) is 0.830. The van der Waals surface area contributed by atoms with Gasteiger partial charge in [0.2, 0.25) is 5.91 Å². The minimum absolute atomic E-state index is 0.0143. The molecule has 0 aliphatic carbocycles. The number of carbonyl (C=O) groups excluding carboxylic acids is 1. The van der Waals surface area contributed by atoms with Gasteiger partial charge in [-0.2, -0.15) is 0 Å². The molecule has 1 rings (SSSR count). The number of carbonyl (C=O) groups is 2. The summed E-state index contributed by atoms with van der Waals surface area (Å²) < 4.78 is 5.16. The third-order valence-electron chi connectivity index (χ3n) is 3.20. The maximum atomic E-state index is 12.1. The van der Waals surface area contributed by atoms with Gasteiger partial charge in [-0.15, -0.1) is 0 Å². The fraction of sp³-hybridized carbons (Fsp3) is 0.467. The molecule has 0 saturated heterocycles. The van der Waals surface area contributed by atoms with Crippen molar-refractivity contribution in [2.75, 3.05) is 20.2 Å². The first-order chi connectivity index (χ1) is 9.47. The summed E-state index contributed by atoms with van der Waals surface area (Å²) in [6.45, 7) is 3.87. The summed E-state index contributed by atoms with van der Waals surface area (Å²) in [7, 11) is 1.60. The van der Waals surface area contributed by atoms with Crippen molar-refractivity contribution >= 4 is 11.9 Å². The summed E-state index contributed by atoms with van der Waals surface area (Å²) in [4.78, 5) is 24.1. The van der Waals surface area contributed by atoms with Crippen LogP contribution in [0.3, 0.4) is 0 Å². The molecule has 0 bridgehead atoms. The molecule has 1 amide bonds. The van der Waals surface area contributed by atoms with Crippen LogP contribution in [0, 0.1) is 0 Å². The van der Waals surface area contributed by atoms with Gasteiger partial charge in [-0.3, -0.25) is 9.59 Å². The van der Waals surface area contributed by atoms with E-state index in [4.69, 9.17) is 9.84 Å². The van der Waals surface area contributed by atoms with Crippen molar-refractivity contribution in [2.24, 2.45) is 0 Å². The largest absolute Gasteiger partial charge is 0.497 e. The van der Waals surface area contributed by atoms with Crippen LogP contribution >= 0.6 is 0 Å². The van der Waals surface area contributed by atoms with Crippen LogP contribution in [0.1, 0.15) is 31.7 Å². The van der Waals surface area contributed by atoms with Crippen LogP contribution in [0.15, 0.2) is 24.3 Å². The molecule has 0 aliphatic heterocycles. The molecule has 1 aromatic carbocycles. The molecule has 20 heavy (non-hydrogen) atoms. The van der Waals surface area contributed by atoms with Crippen molar-refractivity contribution in [2.45, 2.75) is 26.2 Å². The maximum absolute atomic E-state index is 12.1. The van der Waals surface area contributed by atoms with E-state index in [1.165, 1.54) is 4.90 Å². The summed E-state index contributed by atoms with van der Waals surface area (Å²) >= 11 is 0. The smallest absolute Gasteiger partial charge is 0.323 e. The van der Waals surface area contributed by atoms with E-state index >= 15 is 0 Å². The van der Waals surface area contributed by atoms with Crippen molar-refractivity contribution in [3.8, 4) is 5.75 Å². The zero-order valence-corrected chi connectivity index (χ0v) is 12.1. The average Bonchev–Trinajstić information content (AvgIpc) is 2.44. The molecule has 0 aliphatic rings. The Balaban J connectivity index is 2.70. The van der Waals surface area contributed by atoms with E-state index in [-0.39, 0.29) is 24.8 Å². The Hall–Kier alpha value is -2.04. The molecule has 1 unspecified atom stereocenters. The molecular weight excluding hydrogens is 258 g/mol. The second-order valence-corrected chi connectivity index (χ2v) is 4.68. The summed E-state index contributed by atoms with van der Waals surface area (Å²) in [5.74, 6) is -0.375. The highest BCUT2D eigenvalue weighted by molar-refractivity contribution is 5.81. The molecule has 0 heterocycles. The SMILES string of the molecule is CCN(CC(=O)O)C(=O)CC(C)c1cccc(OC)c1. The van der Waals surface area contributed by atoms with Crippen LogP contribution in [0.4, 0.5) is 0 Å². The van der Waals surface area contributed by atoms with Gasteiger partial charge in [-0.1, -0.05) is 19.1 Å². The number of amides is 1. The summed E-state index contributed by atoms with van der Waals surface area (Å²) in [5.41, 5.74) is 1.00. The Bertz CT molecular complexity index is 473. The van der Waals surface area contributed by atoms with Gasteiger partial charge < -0.3 is 14.7 Å². The van der Waals surface area contributed by atoms with Crippen molar-refractivity contribution in [3.63, 3.8) is 0 Å². The van der Waals surface area contributed by atoms with Gasteiger partial charge in [-0.05, 0) is 30.5 Å². The monoisotopic (exact) mass is 279 g/mol. The third kappa shape index (κ3) is 4.57. The van der Waals surface area contributed by atoms with E-state index in [0.717, 1.165) is 11.3 Å². The standard InChI is InChI=1S/C15H21NO4/c1-4-16(10-15(18)19)14(17)8-11(2)12-6-5-7-13(9-12)20-3/h5-7,9,11H,4,8,10H2,1-3H3,(H,18,19). The lowest BCUT2D eigenvalue weighted by molar-refractivity contribution is -0.144. The van der Waals surface area contributed by atoms with Gasteiger partial charge in [0.25, 0.3) is 0 Å². The van der Waals surface area contributed by atoms with Crippen molar-refractivity contribution in [1.82, 2.24) is 4.90 Å². The number of likely N-dealkylation sites (N-methyl/N-ethyl adjacent to an activating group) is 1. The molecule has 110 valence electrons. The Kier molecular flexibility index (Phi) is 6.03. The number of aliphatic carboxylic acids is 1. The summed E-state index contributed by atoms with van der Waals surface area (Å²) in [6.07, 6.45) is 0.286. The number of rotatable bonds is 7. The third-order valence-corrected chi connectivity index (χ3v) is 3.20. The highest BCUT2D eigenvalue weighted by atomic mass is 16.5. The lowest BCUT2D eigenvalue weighted by Gasteiger charge is -2.21. The van der Waals surface area contributed by atoms with E-state index < -0.39 is 5.97 Å². The predicted molar refractivity (Wildman–Crippen MR) is 75.9 cm³/mol. The van der Waals surface area contributed by atoms with Gasteiger partial charge in [0.15, 0.2) is 0 Å². The Morgan fingerprint density at radius 3 is 2.65 bits per heavy atom. The molecule has 0 saturated carbocycles. The molecule has 0 fully saturated rings. The van der Waals surface area contributed by atoms with E-state index in [1.807, 2.05) is 31.2 Å². The van der Waals surface area contributed by atoms with E-state index in [0.29, 0.717) is 6.54 Å². The zero-order chi connectivity index (χ0) is 15.1.